The first-order chi connectivity index (χ1) is 12.6. The van der Waals surface area contributed by atoms with Crippen LogP contribution in [0.3, 0.4) is 0 Å². The maximum Gasteiger partial charge on any atom is 0.211 e. The second-order valence-electron chi connectivity index (χ2n) is 7.02. The van der Waals surface area contributed by atoms with Gasteiger partial charge in [-0.25, -0.2) is 13.1 Å². The molecule has 0 bridgehead atoms. The quantitative estimate of drug-likeness (QED) is 0.773. The lowest BCUT2D eigenvalue weighted by Gasteiger charge is -2.29. The molecule has 3 rings (SSSR count). The van der Waals surface area contributed by atoms with E-state index in [-0.39, 0.29) is 11.8 Å². The molecule has 1 N–H and O–H groups in total. The molecule has 5 heteroatoms. The molecule has 0 radical (unpaired) electrons. The molecule has 0 spiro atoms. The molecule has 1 aliphatic heterocycles. The molecule has 26 heavy (non-hydrogen) atoms. The average Bonchev–Trinajstić information content (AvgIpc) is 3.17. The molecular formula is C21H28N2O2S. The summed E-state index contributed by atoms with van der Waals surface area (Å²) in [5.74, 6) is 0.123. The third kappa shape index (κ3) is 5.16. The van der Waals surface area contributed by atoms with Gasteiger partial charge >= 0.3 is 0 Å². The lowest BCUT2D eigenvalue weighted by Crippen LogP contribution is -2.38. The number of hydrogen-bond donors (Lipinski definition) is 1. The highest BCUT2D eigenvalue weighted by Crippen LogP contribution is 2.27. The van der Waals surface area contributed by atoms with Crippen LogP contribution in [0, 0.1) is 6.92 Å². The molecule has 1 atom stereocenters. The summed E-state index contributed by atoms with van der Waals surface area (Å²) in [6.07, 6.45) is 2.90. The Morgan fingerprint density at radius 1 is 1.00 bits per heavy atom. The number of sulfonamides is 1. The van der Waals surface area contributed by atoms with Crippen molar-refractivity contribution in [3.05, 3.63) is 71.3 Å². The minimum absolute atomic E-state index is 0.102. The summed E-state index contributed by atoms with van der Waals surface area (Å²) in [5, 5.41) is 0. The van der Waals surface area contributed by atoms with E-state index < -0.39 is 10.0 Å². The highest BCUT2D eigenvalue weighted by atomic mass is 32.2. The molecule has 140 valence electrons. The van der Waals surface area contributed by atoms with Crippen molar-refractivity contribution in [1.29, 1.82) is 0 Å². The summed E-state index contributed by atoms with van der Waals surface area (Å²) in [4.78, 5) is 2.40. The molecule has 0 amide bonds. The first-order valence-corrected chi connectivity index (χ1v) is 11.0. The third-order valence-electron chi connectivity index (χ3n) is 5.13. The van der Waals surface area contributed by atoms with Gasteiger partial charge in [-0.05, 0) is 56.0 Å². The van der Waals surface area contributed by atoms with Crippen LogP contribution < -0.4 is 4.72 Å². The zero-order valence-corrected chi connectivity index (χ0v) is 16.2. The van der Waals surface area contributed by atoms with Crippen LogP contribution in [0.5, 0.6) is 0 Å². The SMILES string of the molecule is Cc1ccccc1C(CNS(=O)(=O)CCc1ccccc1)N1CCCC1. The van der Waals surface area contributed by atoms with Crippen LogP contribution in [0.15, 0.2) is 54.6 Å². The Kier molecular flexibility index (Phi) is 6.46. The Morgan fingerprint density at radius 2 is 1.65 bits per heavy atom. The Labute approximate surface area is 157 Å². The summed E-state index contributed by atoms with van der Waals surface area (Å²) in [7, 11) is -3.30. The standard InChI is InChI=1S/C21H28N2O2S/c1-18-9-5-6-12-20(18)21(23-14-7-8-15-23)17-22-26(24,25)16-13-19-10-3-2-4-11-19/h2-6,9-12,21-22H,7-8,13-17H2,1H3. The first kappa shape index (κ1) is 19.1. The summed E-state index contributed by atoms with van der Waals surface area (Å²) < 4.78 is 27.9. The van der Waals surface area contributed by atoms with E-state index in [2.05, 4.69) is 28.7 Å². The van der Waals surface area contributed by atoms with Crippen LogP contribution in [0.25, 0.3) is 0 Å². The number of nitrogens with zero attached hydrogens (tertiary/aromatic N) is 1. The number of aryl methyl sites for hydroxylation is 2. The highest BCUT2D eigenvalue weighted by molar-refractivity contribution is 7.89. The van der Waals surface area contributed by atoms with Gasteiger partial charge in [-0.1, -0.05) is 54.6 Å². The van der Waals surface area contributed by atoms with Crippen LogP contribution >= 0.6 is 0 Å². The van der Waals surface area contributed by atoms with Crippen LogP contribution in [-0.2, 0) is 16.4 Å². The molecule has 0 saturated carbocycles. The second kappa shape index (κ2) is 8.80. The Morgan fingerprint density at radius 3 is 2.35 bits per heavy atom. The lowest BCUT2D eigenvalue weighted by molar-refractivity contribution is 0.246. The van der Waals surface area contributed by atoms with Gasteiger partial charge < -0.3 is 0 Å². The minimum Gasteiger partial charge on any atom is -0.295 e. The zero-order chi connectivity index (χ0) is 18.4. The van der Waals surface area contributed by atoms with E-state index in [1.807, 2.05) is 42.5 Å². The highest BCUT2D eigenvalue weighted by Gasteiger charge is 2.26. The smallest absolute Gasteiger partial charge is 0.211 e. The first-order valence-electron chi connectivity index (χ1n) is 9.36. The summed E-state index contributed by atoms with van der Waals surface area (Å²) in [5.41, 5.74) is 3.49. The van der Waals surface area contributed by atoms with Gasteiger partial charge in [-0.3, -0.25) is 4.90 Å². The zero-order valence-electron chi connectivity index (χ0n) is 15.4. The van der Waals surface area contributed by atoms with Gasteiger partial charge in [0.05, 0.1) is 5.75 Å². The van der Waals surface area contributed by atoms with Gasteiger partial charge in [0.1, 0.15) is 0 Å². The lowest BCUT2D eigenvalue weighted by atomic mass is 10.0. The van der Waals surface area contributed by atoms with Gasteiger partial charge in [0.25, 0.3) is 0 Å². The molecule has 0 aromatic heterocycles. The van der Waals surface area contributed by atoms with Crippen molar-refractivity contribution >= 4 is 10.0 Å². The topological polar surface area (TPSA) is 49.4 Å². The largest absolute Gasteiger partial charge is 0.295 e. The van der Waals surface area contributed by atoms with Gasteiger partial charge in [-0.2, -0.15) is 0 Å². The number of likely N-dealkylation sites (tertiary alicyclic amines) is 1. The molecule has 1 fully saturated rings. The van der Waals surface area contributed by atoms with Crippen molar-refractivity contribution in [2.24, 2.45) is 0 Å². The van der Waals surface area contributed by atoms with E-state index in [9.17, 15) is 8.42 Å². The van der Waals surface area contributed by atoms with E-state index in [1.54, 1.807) is 0 Å². The molecule has 1 heterocycles. The maximum atomic E-state index is 12.5. The van der Waals surface area contributed by atoms with Gasteiger partial charge in [-0.15, -0.1) is 0 Å². The van der Waals surface area contributed by atoms with Gasteiger partial charge in [0.15, 0.2) is 0 Å². The predicted octanol–water partition coefficient (Wildman–Crippen LogP) is 3.29. The van der Waals surface area contributed by atoms with E-state index in [4.69, 9.17) is 0 Å². The number of nitrogens with one attached hydrogen (secondary N) is 1. The molecule has 2 aromatic carbocycles. The minimum atomic E-state index is -3.30. The Balaban J connectivity index is 1.66. The van der Waals surface area contributed by atoms with E-state index >= 15 is 0 Å². The van der Waals surface area contributed by atoms with Crippen molar-refractivity contribution in [2.75, 3.05) is 25.4 Å². The number of rotatable bonds is 8. The van der Waals surface area contributed by atoms with E-state index in [0.29, 0.717) is 13.0 Å². The number of hydrogen-bond acceptors (Lipinski definition) is 3. The molecule has 0 aliphatic carbocycles. The second-order valence-corrected chi connectivity index (χ2v) is 8.94. The van der Waals surface area contributed by atoms with E-state index in [0.717, 1.165) is 18.7 Å². The summed E-state index contributed by atoms with van der Waals surface area (Å²) >= 11 is 0. The van der Waals surface area contributed by atoms with Crippen molar-refractivity contribution in [3.63, 3.8) is 0 Å². The van der Waals surface area contributed by atoms with Crippen LogP contribution in [0.4, 0.5) is 0 Å². The molecule has 1 unspecified atom stereocenters. The van der Waals surface area contributed by atoms with Crippen molar-refractivity contribution < 1.29 is 8.42 Å². The monoisotopic (exact) mass is 372 g/mol. The van der Waals surface area contributed by atoms with E-state index in [1.165, 1.54) is 24.0 Å². The molecule has 1 aliphatic rings. The predicted molar refractivity (Wildman–Crippen MR) is 107 cm³/mol. The molecule has 1 saturated heterocycles. The summed E-state index contributed by atoms with van der Waals surface area (Å²) in [6, 6.07) is 18.2. The van der Waals surface area contributed by atoms with Crippen LogP contribution in [-0.4, -0.2) is 38.7 Å². The number of benzene rings is 2. The normalized spacial score (nSPS) is 16.7. The fourth-order valence-corrected chi connectivity index (χ4v) is 4.69. The third-order valence-corrected chi connectivity index (χ3v) is 6.48. The van der Waals surface area contributed by atoms with Crippen molar-refractivity contribution in [2.45, 2.75) is 32.2 Å². The molecular weight excluding hydrogens is 344 g/mol. The van der Waals surface area contributed by atoms with Gasteiger partial charge in [0, 0.05) is 12.6 Å². The van der Waals surface area contributed by atoms with Crippen molar-refractivity contribution in [1.82, 2.24) is 9.62 Å². The van der Waals surface area contributed by atoms with Crippen LogP contribution in [0.2, 0.25) is 0 Å². The molecule has 4 nitrogen and oxygen atoms in total. The van der Waals surface area contributed by atoms with Crippen LogP contribution in [0.1, 0.15) is 35.6 Å². The summed E-state index contributed by atoms with van der Waals surface area (Å²) in [6.45, 7) is 4.60. The fraction of sp³-hybridized carbons (Fsp3) is 0.429. The Bertz CT molecular complexity index is 800. The van der Waals surface area contributed by atoms with Gasteiger partial charge in [0.2, 0.25) is 10.0 Å². The Hall–Kier alpha value is -1.69. The maximum absolute atomic E-state index is 12.5. The average molecular weight is 373 g/mol. The molecule has 2 aromatic rings. The van der Waals surface area contributed by atoms with Crippen molar-refractivity contribution in [3.8, 4) is 0 Å². The fourth-order valence-electron chi connectivity index (χ4n) is 3.62.